The molecule has 112 valence electrons. The van der Waals surface area contributed by atoms with Crippen LogP contribution in [0.1, 0.15) is 25.3 Å². The van der Waals surface area contributed by atoms with Crippen LogP contribution in [0.15, 0.2) is 12.1 Å². The summed E-state index contributed by atoms with van der Waals surface area (Å²) < 4.78 is 27.9. The lowest BCUT2D eigenvalue weighted by Gasteiger charge is -2.37. The Morgan fingerprint density at radius 3 is 2.29 bits per heavy atom. The lowest BCUT2D eigenvalue weighted by Crippen LogP contribution is -2.45. The van der Waals surface area contributed by atoms with Crippen molar-refractivity contribution in [2.75, 3.05) is 25.0 Å². The van der Waals surface area contributed by atoms with Gasteiger partial charge in [-0.15, -0.1) is 0 Å². The first-order valence-corrected chi connectivity index (χ1v) is 6.81. The molecule has 1 saturated heterocycles. The van der Waals surface area contributed by atoms with Gasteiger partial charge in [0, 0.05) is 33.1 Å². The van der Waals surface area contributed by atoms with E-state index in [9.17, 15) is 13.6 Å². The Bertz CT molecular complexity index is 566. The highest BCUT2D eigenvalue weighted by molar-refractivity contribution is 5.73. The van der Waals surface area contributed by atoms with Crippen LogP contribution in [0.25, 0.3) is 0 Å². The average Bonchev–Trinajstić information content (AvgIpc) is 2.46. The lowest BCUT2D eigenvalue weighted by atomic mass is 10.0. The standard InChI is InChI=1S/C15H17F2N3O/c1-10(21)19(2)12-3-5-20(6-4-12)15-13(16)7-11(9-18)8-14(15)17/h7-8,12H,3-6H2,1-2H3. The van der Waals surface area contributed by atoms with Crippen molar-refractivity contribution in [3.05, 3.63) is 29.3 Å². The fourth-order valence-corrected chi connectivity index (χ4v) is 2.67. The smallest absolute Gasteiger partial charge is 0.219 e. The van der Waals surface area contributed by atoms with Crippen molar-refractivity contribution in [2.45, 2.75) is 25.8 Å². The maximum atomic E-state index is 14.0. The molecule has 0 spiro atoms. The van der Waals surface area contributed by atoms with E-state index in [0.717, 1.165) is 12.1 Å². The predicted octanol–water partition coefficient (Wildman–Crippen LogP) is 2.28. The second kappa shape index (κ2) is 6.08. The third kappa shape index (κ3) is 3.13. The molecule has 0 unspecified atom stereocenters. The minimum Gasteiger partial charge on any atom is -0.367 e. The Morgan fingerprint density at radius 2 is 1.86 bits per heavy atom. The molecule has 1 aliphatic rings. The topological polar surface area (TPSA) is 47.3 Å². The van der Waals surface area contributed by atoms with Gasteiger partial charge in [-0.3, -0.25) is 4.79 Å². The van der Waals surface area contributed by atoms with E-state index < -0.39 is 11.6 Å². The van der Waals surface area contributed by atoms with Crippen LogP contribution in [-0.2, 0) is 4.79 Å². The van der Waals surface area contributed by atoms with Gasteiger partial charge in [-0.1, -0.05) is 0 Å². The number of nitrogens with zero attached hydrogens (tertiary/aromatic N) is 3. The van der Waals surface area contributed by atoms with Crippen molar-refractivity contribution >= 4 is 11.6 Å². The Labute approximate surface area is 122 Å². The zero-order chi connectivity index (χ0) is 15.6. The van der Waals surface area contributed by atoms with E-state index in [4.69, 9.17) is 5.26 Å². The van der Waals surface area contributed by atoms with E-state index in [0.29, 0.717) is 25.9 Å². The zero-order valence-corrected chi connectivity index (χ0v) is 12.1. The summed E-state index contributed by atoms with van der Waals surface area (Å²) in [5, 5.41) is 8.70. The predicted molar refractivity (Wildman–Crippen MR) is 74.8 cm³/mol. The van der Waals surface area contributed by atoms with Gasteiger partial charge in [0.1, 0.15) is 5.69 Å². The zero-order valence-electron chi connectivity index (χ0n) is 12.1. The monoisotopic (exact) mass is 293 g/mol. The number of amides is 1. The molecule has 0 aliphatic carbocycles. The number of hydrogen-bond acceptors (Lipinski definition) is 3. The molecule has 1 aromatic carbocycles. The van der Waals surface area contributed by atoms with Crippen molar-refractivity contribution in [3.8, 4) is 6.07 Å². The number of nitriles is 1. The molecule has 6 heteroatoms. The number of carbonyl (C=O) groups excluding carboxylic acids is 1. The second-order valence-corrected chi connectivity index (χ2v) is 5.25. The van der Waals surface area contributed by atoms with Gasteiger partial charge >= 0.3 is 0 Å². The summed E-state index contributed by atoms with van der Waals surface area (Å²) in [6.07, 6.45) is 1.32. The SMILES string of the molecule is CC(=O)N(C)C1CCN(c2c(F)cc(C#N)cc2F)CC1. The number of rotatable bonds is 2. The Balaban J connectivity index is 2.13. The highest BCUT2D eigenvalue weighted by Gasteiger charge is 2.27. The fraction of sp³-hybridized carbons (Fsp3) is 0.467. The molecule has 0 saturated carbocycles. The minimum absolute atomic E-state index is 0.0100. The normalized spacial score (nSPS) is 15.7. The highest BCUT2D eigenvalue weighted by atomic mass is 19.1. The van der Waals surface area contributed by atoms with Crippen molar-refractivity contribution < 1.29 is 13.6 Å². The van der Waals surface area contributed by atoms with Gasteiger partial charge in [0.25, 0.3) is 0 Å². The molecular weight excluding hydrogens is 276 g/mol. The Hall–Kier alpha value is -2.16. The van der Waals surface area contributed by atoms with Gasteiger partial charge in [0.15, 0.2) is 11.6 Å². The van der Waals surface area contributed by atoms with Gasteiger partial charge in [0.05, 0.1) is 11.6 Å². The van der Waals surface area contributed by atoms with Crippen LogP contribution in [0, 0.1) is 23.0 Å². The maximum Gasteiger partial charge on any atom is 0.219 e. The first-order valence-electron chi connectivity index (χ1n) is 6.81. The van der Waals surface area contributed by atoms with E-state index in [2.05, 4.69) is 0 Å². The van der Waals surface area contributed by atoms with Gasteiger partial charge < -0.3 is 9.80 Å². The van der Waals surface area contributed by atoms with Crippen LogP contribution in [0.2, 0.25) is 0 Å². The summed E-state index contributed by atoms with van der Waals surface area (Å²) >= 11 is 0. The van der Waals surface area contributed by atoms with Crippen molar-refractivity contribution in [2.24, 2.45) is 0 Å². The maximum absolute atomic E-state index is 14.0. The van der Waals surface area contributed by atoms with Crippen LogP contribution >= 0.6 is 0 Å². The molecule has 0 N–H and O–H groups in total. The summed E-state index contributed by atoms with van der Waals surface area (Å²) in [5.41, 5.74) is -0.113. The van der Waals surface area contributed by atoms with Crippen LogP contribution in [0.4, 0.5) is 14.5 Å². The van der Waals surface area contributed by atoms with E-state index >= 15 is 0 Å². The Kier molecular flexibility index (Phi) is 4.41. The molecule has 1 aromatic rings. The molecule has 4 nitrogen and oxygen atoms in total. The van der Waals surface area contributed by atoms with Crippen LogP contribution in [0.5, 0.6) is 0 Å². The van der Waals surface area contributed by atoms with Gasteiger partial charge in [-0.2, -0.15) is 5.26 Å². The Morgan fingerprint density at radius 1 is 1.33 bits per heavy atom. The van der Waals surface area contributed by atoms with Gasteiger partial charge in [0.2, 0.25) is 5.91 Å². The fourth-order valence-electron chi connectivity index (χ4n) is 2.67. The summed E-state index contributed by atoms with van der Waals surface area (Å²) in [6.45, 7) is 2.45. The summed E-state index contributed by atoms with van der Waals surface area (Å²) in [4.78, 5) is 14.6. The van der Waals surface area contributed by atoms with E-state index in [1.807, 2.05) is 0 Å². The van der Waals surface area contributed by atoms with Crippen LogP contribution in [-0.4, -0.2) is 37.0 Å². The molecule has 0 atom stereocenters. The van der Waals surface area contributed by atoms with Gasteiger partial charge in [-0.05, 0) is 25.0 Å². The molecule has 1 heterocycles. The molecule has 0 bridgehead atoms. The molecular formula is C15H17F2N3O. The highest BCUT2D eigenvalue weighted by Crippen LogP contribution is 2.28. The number of carbonyl (C=O) groups is 1. The van der Waals surface area contributed by atoms with Crippen molar-refractivity contribution in [3.63, 3.8) is 0 Å². The number of benzene rings is 1. The molecule has 1 aliphatic heterocycles. The average molecular weight is 293 g/mol. The minimum atomic E-state index is -0.718. The quantitative estimate of drug-likeness (QED) is 0.840. The first kappa shape index (κ1) is 15.2. The number of halogens is 2. The number of hydrogen-bond donors (Lipinski definition) is 0. The number of anilines is 1. The van der Waals surface area contributed by atoms with E-state index in [1.165, 1.54) is 6.92 Å². The van der Waals surface area contributed by atoms with E-state index in [-0.39, 0.29) is 23.2 Å². The second-order valence-electron chi connectivity index (χ2n) is 5.25. The number of piperidine rings is 1. The molecule has 0 radical (unpaired) electrons. The third-order valence-electron chi connectivity index (χ3n) is 3.97. The van der Waals surface area contributed by atoms with Crippen LogP contribution in [0.3, 0.4) is 0 Å². The molecule has 2 rings (SSSR count). The molecule has 1 fully saturated rings. The van der Waals surface area contributed by atoms with Crippen molar-refractivity contribution in [1.82, 2.24) is 4.90 Å². The summed E-state index contributed by atoms with van der Waals surface area (Å²) in [5.74, 6) is -1.45. The summed E-state index contributed by atoms with van der Waals surface area (Å²) in [7, 11) is 1.74. The molecule has 21 heavy (non-hydrogen) atoms. The summed E-state index contributed by atoms with van der Waals surface area (Å²) in [6, 6.07) is 3.93. The molecule has 1 amide bonds. The van der Waals surface area contributed by atoms with Crippen molar-refractivity contribution in [1.29, 1.82) is 5.26 Å². The van der Waals surface area contributed by atoms with Gasteiger partial charge in [-0.25, -0.2) is 8.78 Å². The first-order chi connectivity index (χ1) is 9.93. The van der Waals surface area contributed by atoms with Crippen LogP contribution < -0.4 is 4.90 Å². The third-order valence-corrected chi connectivity index (χ3v) is 3.97. The largest absolute Gasteiger partial charge is 0.367 e. The van der Waals surface area contributed by atoms with E-state index in [1.54, 1.807) is 22.9 Å². The molecule has 0 aromatic heterocycles. The lowest BCUT2D eigenvalue weighted by molar-refractivity contribution is -0.129.